The molecule has 11 heavy (non-hydrogen) atoms. The minimum atomic E-state index is -0.305. The maximum Gasteiger partial charge on any atom is 0.0859 e. The minimum Gasteiger partial charge on any atom is -0.390 e. The van der Waals surface area contributed by atoms with Crippen molar-refractivity contribution >= 4 is 11.6 Å². The van der Waals surface area contributed by atoms with E-state index in [0.29, 0.717) is 12.1 Å². The van der Waals surface area contributed by atoms with Gasteiger partial charge in [-0.1, -0.05) is 0 Å². The fourth-order valence-electron chi connectivity index (χ4n) is 2.38. The highest BCUT2D eigenvalue weighted by Crippen LogP contribution is 2.36. The number of aliphatic hydroxyl groups is 1. The first-order valence-electron chi connectivity index (χ1n) is 4.24. The number of nitrogens with zero attached hydrogens (tertiary/aromatic N) is 1. The van der Waals surface area contributed by atoms with Crippen molar-refractivity contribution in [1.29, 1.82) is 0 Å². The highest BCUT2D eigenvalue weighted by Gasteiger charge is 2.43. The number of piperidine rings is 1. The molecule has 0 aliphatic carbocycles. The summed E-state index contributed by atoms with van der Waals surface area (Å²) in [6.45, 7) is 0. The van der Waals surface area contributed by atoms with Gasteiger partial charge in [0.2, 0.25) is 0 Å². The van der Waals surface area contributed by atoms with Crippen LogP contribution >= 0.6 is 11.6 Å². The zero-order chi connectivity index (χ0) is 8.01. The maximum absolute atomic E-state index is 9.66. The van der Waals surface area contributed by atoms with Crippen molar-refractivity contribution in [3.63, 3.8) is 0 Å². The lowest BCUT2D eigenvalue weighted by atomic mass is 10.0. The third kappa shape index (κ3) is 1.08. The second-order valence-corrected chi connectivity index (χ2v) is 4.27. The van der Waals surface area contributed by atoms with Crippen molar-refractivity contribution in [2.75, 3.05) is 7.05 Å². The molecular weight excluding hydrogens is 162 g/mol. The molecule has 0 aromatic rings. The van der Waals surface area contributed by atoms with Gasteiger partial charge in [0.25, 0.3) is 0 Å². The van der Waals surface area contributed by atoms with Crippen LogP contribution in [0, 0.1) is 0 Å². The summed E-state index contributed by atoms with van der Waals surface area (Å²) in [5.74, 6) is 0. The molecule has 4 unspecified atom stereocenters. The topological polar surface area (TPSA) is 23.5 Å². The number of alkyl halides is 1. The minimum absolute atomic E-state index is 0.0105. The Kier molecular flexibility index (Phi) is 1.86. The zero-order valence-electron chi connectivity index (χ0n) is 6.70. The third-order valence-electron chi connectivity index (χ3n) is 3.16. The van der Waals surface area contributed by atoms with E-state index in [-0.39, 0.29) is 11.5 Å². The summed E-state index contributed by atoms with van der Waals surface area (Å²) in [5, 5.41) is 9.65. The number of likely N-dealkylation sites (N-methyl/N-ethyl adjacent to an activating group) is 1. The number of hydrogen-bond donors (Lipinski definition) is 1. The Morgan fingerprint density at radius 3 is 2.91 bits per heavy atom. The molecule has 0 amide bonds. The van der Waals surface area contributed by atoms with Crippen LogP contribution in [0.15, 0.2) is 0 Å². The van der Waals surface area contributed by atoms with Gasteiger partial charge in [-0.3, -0.25) is 4.90 Å². The van der Waals surface area contributed by atoms with Gasteiger partial charge in [0.1, 0.15) is 0 Å². The molecule has 2 nitrogen and oxygen atoms in total. The lowest BCUT2D eigenvalue weighted by Crippen LogP contribution is -2.50. The van der Waals surface area contributed by atoms with E-state index in [2.05, 4.69) is 11.9 Å². The summed E-state index contributed by atoms with van der Waals surface area (Å²) >= 11 is 5.99. The van der Waals surface area contributed by atoms with Crippen LogP contribution in [0.1, 0.15) is 19.3 Å². The Morgan fingerprint density at radius 2 is 2.18 bits per heavy atom. The van der Waals surface area contributed by atoms with E-state index in [1.54, 1.807) is 0 Å². The molecule has 2 saturated heterocycles. The molecule has 2 aliphatic rings. The van der Waals surface area contributed by atoms with E-state index in [1.165, 1.54) is 6.42 Å². The van der Waals surface area contributed by atoms with Crippen LogP contribution in [0.2, 0.25) is 0 Å². The number of fused-ring (bicyclic) bond motifs is 2. The van der Waals surface area contributed by atoms with Crippen molar-refractivity contribution < 1.29 is 5.11 Å². The van der Waals surface area contributed by atoms with E-state index in [4.69, 9.17) is 11.6 Å². The highest BCUT2D eigenvalue weighted by molar-refractivity contribution is 6.21. The van der Waals surface area contributed by atoms with Crippen molar-refractivity contribution in [2.24, 2.45) is 0 Å². The predicted octanol–water partition coefficient (Wildman–Crippen LogP) is 0.821. The van der Waals surface area contributed by atoms with Crippen LogP contribution in [-0.2, 0) is 0 Å². The summed E-state index contributed by atoms with van der Waals surface area (Å²) in [4.78, 5) is 2.28. The van der Waals surface area contributed by atoms with Crippen molar-refractivity contribution in [3.8, 4) is 0 Å². The van der Waals surface area contributed by atoms with E-state index < -0.39 is 0 Å². The number of aliphatic hydroxyl groups excluding tert-OH is 1. The third-order valence-corrected chi connectivity index (χ3v) is 3.59. The molecule has 0 saturated carbocycles. The van der Waals surface area contributed by atoms with Gasteiger partial charge in [-0.05, 0) is 26.3 Å². The fourth-order valence-corrected chi connectivity index (χ4v) is 2.75. The summed E-state index contributed by atoms with van der Waals surface area (Å²) < 4.78 is 0. The van der Waals surface area contributed by atoms with Gasteiger partial charge >= 0.3 is 0 Å². The van der Waals surface area contributed by atoms with E-state index in [0.717, 1.165) is 12.8 Å². The van der Waals surface area contributed by atoms with Crippen LogP contribution in [-0.4, -0.2) is 40.6 Å². The van der Waals surface area contributed by atoms with Crippen molar-refractivity contribution in [1.82, 2.24) is 4.90 Å². The molecule has 2 fully saturated rings. The van der Waals surface area contributed by atoms with Gasteiger partial charge in [-0.15, -0.1) is 11.6 Å². The Hall–Kier alpha value is 0.210. The lowest BCUT2D eigenvalue weighted by Gasteiger charge is -2.37. The standard InChI is InChI=1S/C8H14ClNO/c1-10-5-2-3-7(10)8(11)6(9)4-5/h5-8,11H,2-4H2,1H3. The first-order valence-corrected chi connectivity index (χ1v) is 4.68. The monoisotopic (exact) mass is 175 g/mol. The number of rotatable bonds is 0. The molecule has 0 radical (unpaired) electrons. The molecular formula is C8H14ClNO. The molecule has 4 atom stereocenters. The SMILES string of the molecule is CN1C2CCC1C(O)C(Cl)C2. The average Bonchev–Trinajstić information content (AvgIpc) is 2.23. The molecule has 2 bridgehead atoms. The van der Waals surface area contributed by atoms with Crippen LogP contribution < -0.4 is 0 Å². The maximum atomic E-state index is 9.66. The van der Waals surface area contributed by atoms with E-state index >= 15 is 0 Å². The normalized spacial score (nSPS) is 51.5. The molecule has 1 N–H and O–H groups in total. The quantitative estimate of drug-likeness (QED) is 0.552. The van der Waals surface area contributed by atoms with Crippen molar-refractivity contribution in [2.45, 2.75) is 42.8 Å². The average molecular weight is 176 g/mol. The molecule has 3 heteroatoms. The highest BCUT2D eigenvalue weighted by atomic mass is 35.5. The van der Waals surface area contributed by atoms with Gasteiger partial charge < -0.3 is 5.11 Å². The molecule has 0 spiro atoms. The zero-order valence-corrected chi connectivity index (χ0v) is 7.46. The van der Waals surface area contributed by atoms with Crippen molar-refractivity contribution in [3.05, 3.63) is 0 Å². The molecule has 0 aromatic heterocycles. The van der Waals surface area contributed by atoms with Gasteiger partial charge in [0, 0.05) is 12.1 Å². The largest absolute Gasteiger partial charge is 0.390 e. The smallest absolute Gasteiger partial charge is 0.0859 e. The number of hydrogen-bond acceptors (Lipinski definition) is 2. The Labute approximate surface area is 72.1 Å². The second kappa shape index (κ2) is 2.61. The molecule has 0 aromatic carbocycles. The van der Waals surface area contributed by atoms with E-state index in [1.807, 2.05) is 0 Å². The summed E-state index contributed by atoms with van der Waals surface area (Å²) in [7, 11) is 2.09. The Balaban J connectivity index is 2.16. The summed E-state index contributed by atoms with van der Waals surface area (Å²) in [6, 6.07) is 0.960. The van der Waals surface area contributed by atoms with Crippen LogP contribution in [0.3, 0.4) is 0 Å². The van der Waals surface area contributed by atoms with Gasteiger partial charge in [-0.25, -0.2) is 0 Å². The van der Waals surface area contributed by atoms with Gasteiger partial charge in [0.05, 0.1) is 11.5 Å². The molecule has 2 rings (SSSR count). The molecule has 2 aliphatic heterocycles. The van der Waals surface area contributed by atoms with Crippen LogP contribution in [0.5, 0.6) is 0 Å². The van der Waals surface area contributed by atoms with E-state index in [9.17, 15) is 5.11 Å². The summed E-state index contributed by atoms with van der Waals surface area (Å²) in [6.07, 6.45) is 2.98. The summed E-state index contributed by atoms with van der Waals surface area (Å²) in [5.41, 5.74) is 0. The fraction of sp³-hybridized carbons (Fsp3) is 1.00. The Morgan fingerprint density at radius 1 is 1.45 bits per heavy atom. The van der Waals surface area contributed by atoms with Crippen LogP contribution in [0.25, 0.3) is 0 Å². The van der Waals surface area contributed by atoms with Gasteiger partial charge in [-0.2, -0.15) is 0 Å². The lowest BCUT2D eigenvalue weighted by molar-refractivity contribution is 0.0330. The first kappa shape index (κ1) is 7.84. The second-order valence-electron chi connectivity index (χ2n) is 3.71. The molecule has 2 heterocycles. The predicted molar refractivity (Wildman–Crippen MR) is 44.8 cm³/mol. The van der Waals surface area contributed by atoms with Gasteiger partial charge in [0.15, 0.2) is 0 Å². The number of halogens is 1. The molecule has 64 valence electrons. The van der Waals surface area contributed by atoms with Crippen LogP contribution in [0.4, 0.5) is 0 Å². The Bertz CT molecular complexity index is 164. The first-order chi connectivity index (χ1) is 5.20.